The summed E-state index contributed by atoms with van der Waals surface area (Å²) >= 11 is 0. The van der Waals surface area contributed by atoms with Crippen LogP contribution in [0.5, 0.6) is 0 Å². The van der Waals surface area contributed by atoms with E-state index in [1.165, 1.54) is 6.20 Å². The lowest BCUT2D eigenvalue weighted by Gasteiger charge is -2.05. The zero-order valence-electron chi connectivity index (χ0n) is 6.87. The van der Waals surface area contributed by atoms with Gasteiger partial charge in [0.2, 0.25) is 0 Å². The molecule has 11 heavy (non-hydrogen) atoms. The number of nitrogens with zero attached hydrogens (tertiary/aromatic N) is 2. The molecule has 1 aromatic heterocycles. The first-order valence-corrected chi connectivity index (χ1v) is 3.77. The molecule has 1 aromatic rings. The molecule has 0 bridgehead atoms. The van der Waals surface area contributed by atoms with E-state index in [0.717, 1.165) is 18.7 Å². The van der Waals surface area contributed by atoms with Crippen molar-refractivity contribution in [3.63, 3.8) is 0 Å². The highest BCUT2D eigenvalue weighted by atomic mass is 16.1. The van der Waals surface area contributed by atoms with E-state index in [0.29, 0.717) is 0 Å². The van der Waals surface area contributed by atoms with Crippen LogP contribution in [0.2, 0.25) is 0 Å². The Labute approximate surface area is 65.7 Å². The SMILES string of the molecule is CCCn1c(C)cncc1=O. The minimum absolute atomic E-state index is 0.00755. The first-order valence-electron chi connectivity index (χ1n) is 3.77. The van der Waals surface area contributed by atoms with Crippen LogP contribution >= 0.6 is 0 Å². The minimum atomic E-state index is -0.00755. The summed E-state index contributed by atoms with van der Waals surface area (Å²) in [7, 11) is 0. The van der Waals surface area contributed by atoms with Crippen molar-refractivity contribution < 1.29 is 0 Å². The van der Waals surface area contributed by atoms with E-state index in [1.807, 2.05) is 13.8 Å². The molecule has 3 nitrogen and oxygen atoms in total. The van der Waals surface area contributed by atoms with Crippen molar-refractivity contribution in [1.82, 2.24) is 9.55 Å². The second kappa shape index (κ2) is 3.32. The molecule has 0 saturated carbocycles. The lowest BCUT2D eigenvalue weighted by Crippen LogP contribution is -2.21. The van der Waals surface area contributed by atoms with E-state index in [2.05, 4.69) is 4.98 Å². The molecule has 0 aliphatic rings. The van der Waals surface area contributed by atoms with Crippen LogP contribution in [-0.4, -0.2) is 9.55 Å². The molecule has 0 aromatic carbocycles. The van der Waals surface area contributed by atoms with Gasteiger partial charge < -0.3 is 4.57 Å². The smallest absolute Gasteiger partial charge is 0.269 e. The van der Waals surface area contributed by atoms with Crippen molar-refractivity contribution in [1.29, 1.82) is 0 Å². The topological polar surface area (TPSA) is 34.9 Å². The minimum Gasteiger partial charge on any atom is -0.310 e. The van der Waals surface area contributed by atoms with Crippen molar-refractivity contribution in [2.75, 3.05) is 0 Å². The lowest BCUT2D eigenvalue weighted by atomic mass is 10.4. The molecule has 0 fully saturated rings. The summed E-state index contributed by atoms with van der Waals surface area (Å²) in [6.07, 6.45) is 4.03. The van der Waals surface area contributed by atoms with Crippen molar-refractivity contribution >= 4 is 0 Å². The maximum Gasteiger partial charge on any atom is 0.269 e. The molecule has 0 aliphatic heterocycles. The highest BCUT2D eigenvalue weighted by molar-refractivity contribution is 4.94. The molecule has 1 rings (SSSR count). The van der Waals surface area contributed by atoms with Gasteiger partial charge in [0.15, 0.2) is 0 Å². The third-order valence-corrected chi connectivity index (χ3v) is 1.59. The van der Waals surface area contributed by atoms with Crippen LogP contribution in [0, 0.1) is 6.92 Å². The van der Waals surface area contributed by atoms with Crippen molar-refractivity contribution in [2.24, 2.45) is 0 Å². The Bertz CT molecular complexity index is 290. The first-order chi connectivity index (χ1) is 5.25. The number of hydrogen-bond donors (Lipinski definition) is 0. The molecular formula is C8H12N2O. The molecule has 0 amide bonds. The second-order valence-corrected chi connectivity index (χ2v) is 2.54. The molecule has 0 aliphatic carbocycles. The molecular weight excluding hydrogens is 140 g/mol. The van der Waals surface area contributed by atoms with Crippen molar-refractivity contribution in [3.8, 4) is 0 Å². The molecule has 0 N–H and O–H groups in total. The van der Waals surface area contributed by atoms with E-state index in [1.54, 1.807) is 10.8 Å². The monoisotopic (exact) mass is 152 g/mol. The average Bonchev–Trinajstić information content (AvgIpc) is 1.97. The van der Waals surface area contributed by atoms with Crippen LogP contribution in [0.1, 0.15) is 19.0 Å². The van der Waals surface area contributed by atoms with E-state index in [-0.39, 0.29) is 5.56 Å². The maximum absolute atomic E-state index is 11.1. The standard InChI is InChI=1S/C8H12N2O/c1-3-4-10-7(2)5-9-6-8(10)11/h5-6H,3-4H2,1-2H3. The molecule has 0 radical (unpaired) electrons. The van der Waals surface area contributed by atoms with Gasteiger partial charge in [-0.3, -0.25) is 9.78 Å². The number of aryl methyl sites for hydroxylation is 1. The van der Waals surface area contributed by atoms with Crippen molar-refractivity contribution in [2.45, 2.75) is 26.8 Å². The quantitative estimate of drug-likeness (QED) is 0.632. The molecule has 1 heterocycles. The first kappa shape index (κ1) is 7.98. The van der Waals surface area contributed by atoms with Gasteiger partial charge in [-0.05, 0) is 13.3 Å². The molecule has 0 spiro atoms. The highest BCUT2D eigenvalue weighted by Crippen LogP contribution is 1.91. The Kier molecular flexibility index (Phi) is 2.41. The second-order valence-electron chi connectivity index (χ2n) is 2.54. The van der Waals surface area contributed by atoms with Gasteiger partial charge in [0.05, 0.1) is 6.20 Å². The van der Waals surface area contributed by atoms with Gasteiger partial charge in [0.1, 0.15) is 0 Å². The number of hydrogen-bond acceptors (Lipinski definition) is 2. The van der Waals surface area contributed by atoms with E-state index in [4.69, 9.17) is 0 Å². The summed E-state index contributed by atoms with van der Waals surface area (Å²) in [6.45, 7) is 4.73. The lowest BCUT2D eigenvalue weighted by molar-refractivity contribution is 0.629. The van der Waals surface area contributed by atoms with Gasteiger partial charge in [-0.15, -0.1) is 0 Å². The van der Waals surface area contributed by atoms with Gasteiger partial charge in [0.25, 0.3) is 5.56 Å². The van der Waals surface area contributed by atoms with Crippen LogP contribution in [0.25, 0.3) is 0 Å². The molecule has 0 atom stereocenters. The summed E-state index contributed by atoms with van der Waals surface area (Å²) in [5.74, 6) is 0. The van der Waals surface area contributed by atoms with Crippen LogP contribution < -0.4 is 5.56 Å². The highest BCUT2D eigenvalue weighted by Gasteiger charge is 1.96. The Morgan fingerprint density at radius 2 is 2.27 bits per heavy atom. The fourth-order valence-corrected chi connectivity index (χ4v) is 1.03. The number of rotatable bonds is 2. The van der Waals surface area contributed by atoms with E-state index in [9.17, 15) is 4.79 Å². The van der Waals surface area contributed by atoms with Crippen LogP contribution in [0.3, 0.4) is 0 Å². The zero-order chi connectivity index (χ0) is 8.27. The van der Waals surface area contributed by atoms with Crippen molar-refractivity contribution in [3.05, 3.63) is 28.4 Å². The summed E-state index contributed by atoms with van der Waals surface area (Å²) < 4.78 is 1.73. The molecule has 0 unspecified atom stereocenters. The molecule has 60 valence electrons. The Hall–Kier alpha value is -1.12. The number of aromatic nitrogens is 2. The van der Waals surface area contributed by atoms with E-state index >= 15 is 0 Å². The summed E-state index contributed by atoms with van der Waals surface area (Å²) in [6, 6.07) is 0. The zero-order valence-corrected chi connectivity index (χ0v) is 6.87. The summed E-state index contributed by atoms with van der Waals surface area (Å²) in [5, 5.41) is 0. The van der Waals surface area contributed by atoms with Gasteiger partial charge in [-0.25, -0.2) is 0 Å². The third-order valence-electron chi connectivity index (χ3n) is 1.59. The van der Waals surface area contributed by atoms with Gasteiger partial charge in [-0.1, -0.05) is 6.92 Å². The van der Waals surface area contributed by atoms with Crippen LogP contribution in [-0.2, 0) is 6.54 Å². The fourth-order valence-electron chi connectivity index (χ4n) is 1.03. The largest absolute Gasteiger partial charge is 0.310 e. The predicted molar refractivity (Wildman–Crippen MR) is 43.5 cm³/mol. The van der Waals surface area contributed by atoms with Crippen LogP contribution in [0.4, 0.5) is 0 Å². The molecule has 0 saturated heterocycles. The fraction of sp³-hybridized carbons (Fsp3) is 0.500. The van der Waals surface area contributed by atoms with Gasteiger partial charge in [0, 0.05) is 18.4 Å². The molecule has 3 heteroatoms. The van der Waals surface area contributed by atoms with Gasteiger partial charge >= 0.3 is 0 Å². The summed E-state index contributed by atoms with van der Waals surface area (Å²) in [4.78, 5) is 14.9. The Balaban J connectivity index is 3.10. The Morgan fingerprint density at radius 1 is 1.55 bits per heavy atom. The van der Waals surface area contributed by atoms with Crippen LogP contribution in [0.15, 0.2) is 17.2 Å². The summed E-state index contributed by atoms with van der Waals surface area (Å²) in [5.41, 5.74) is 0.922. The normalized spacial score (nSPS) is 10.0. The van der Waals surface area contributed by atoms with Gasteiger partial charge in [-0.2, -0.15) is 0 Å². The Morgan fingerprint density at radius 3 is 2.82 bits per heavy atom. The van der Waals surface area contributed by atoms with E-state index < -0.39 is 0 Å². The predicted octanol–water partition coefficient (Wildman–Crippen LogP) is 0.962. The third kappa shape index (κ3) is 1.67. The average molecular weight is 152 g/mol. The maximum atomic E-state index is 11.1.